The zero-order valence-corrected chi connectivity index (χ0v) is 12.4. The molecule has 1 aromatic heterocycles. The van der Waals surface area contributed by atoms with Gasteiger partial charge in [0.1, 0.15) is 10.6 Å². The van der Waals surface area contributed by atoms with Gasteiger partial charge in [-0.25, -0.2) is 4.98 Å². The first-order valence-corrected chi connectivity index (χ1v) is 6.79. The number of benzene rings is 1. The molecule has 1 heterocycles. The van der Waals surface area contributed by atoms with Gasteiger partial charge in [-0.05, 0) is 32.0 Å². The molecule has 1 aromatic carbocycles. The van der Waals surface area contributed by atoms with E-state index < -0.39 is 0 Å². The number of thiazole rings is 1. The van der Waals surface area contributed by atoms with Crippen LogP contribution in [0.2, 0.25) is 5.02 Å². The van der Waals surface area contributed by atoms with Crippen molar-refractivity contribution in [3.8, 4) is 5.75 Å². The van der Waals surface area contributed by atoms with Gasteiger partial charge in [-0.15, -0.1) is 11.3 Å². The van der Waals surface area contributed by atoms with Crippen LogP contribution in [-0.2, 0) is 0 Å². The molecule has 1 N–H and O–H groups in total. The van der Waals surface area contributed by atoms with Crippen molar-refractivity contribution in [2.75, 3.05) is 12.4 Å². The summed E-state index contributed by atoms with van der Waals surface area (Å²) in [5.41, 5.74) is 1.36. The van der Waals surface area contributed by atoms with Crippen LogP contribution in [-0.4, -0.2) is 18.0 Å². The molecule has 0 saturated heterocycles. The summed E-state index contributed by atoms with van der Waals surface area (Å²) in [7, 11) is 1.54. The molecule has 0 bridgehead atoms. The highest BCUT2D eigenvalue weighted by Gasteiger charge is 2.14. The van der Waals surface area contributed by atoms with Crippen LogP contribution in [0.5, 0.6) is 5.75 Å². The molecule has 2 rings (SSSR count). The Morgan fingerprint density at radius 1 is 1.42 bits per heavy atom. The third-order valence-electron chi connectivity index (χ3n) is 2.52. The lowest BCUT2D eigenvalue weighted by Gasteiger charge is -2.07. The van der Waals surface area contributed by atoms with Crippen LogP contribution in [0.3, 0.4) is 0 Å². The number of ether oxygens (including phenoxy) is 1. The zero-order valence-electron chi connectivity index (χ0n) is 10.8. The molecule has 0 spiro atoms. The van der Waals surface area contributed by atoms with E-state index in [1.807, 2.05) is 13.8 Å². The largest absolute Gasteiger partial charge is 0.495 e. The molecule has 4 nitrogen and oxygen atoms in total. The summed E-state index contributed by atoms with van der Waals surface area (Å²) >= 11 is 7.38. The third kappa shape index (κ3) is 3.05. The maximum Gasteiger partial charge on any atom is 0.267 e. The average molecular weight is 297 g/mol. The van der Waals surface area contributed by atoms with Crippen molar-refractivity contribution in [1.29, 1.82) is 0 Å². The molecule has 1 amide bonds. The second-order valence-corrected chi connectivity index (χ2v) is 5.56. The number of aromatic nitrogens is 1. The van der Waals surface area contributed by atoms with Gasteiger partial charge in [0.05, 0.1) is 22.8 Å². The summed E-state index contributed by atoms with van der Waals surface area (Å²) in [6.07, 6.45) is 0. The van der Waals surface area contributed by atoms with Crippen LogP contribution in [0.1, 0.15) is 20.4 Å². The summed E-state index contributed by atoms with van der Waals surface area (Å²) < 4.78 is 5.06. The molecule has 100 valence electrons. The number of hydrogen-bond acceptors (Lipinski definition) is 4. The lowest BCUT2D eigenvalue weighted by Crippen LogP contribution is -2.11. The van der Waals surface area contributed by atoms with E-state index in [1.165, 1.54) is 11.3 Å². The third-order valence-corrected chi connectivity index (χ3v) is 3.89. The summed E-state index contributed by atoms with van der Waals surface area (Å²) in [5.74, 6) is 0.397. The van der Waals surface area contributed by atoms with Crippen molar-refractivity contribution in [3.05, 3.63) is 38.8 Å². The average Bonchev–Trinajstić information content (AvgIpc) is 2.69. The maximum atomic E-state index is 12.1. The lowest BCUT2D eigenvalue weighted by atomic mass is 10.3. The summed E-state index contributed by atoms with van der Waals surface area (Å²) in [4.78, 5) is 16.9. The number of carbonyl (C=O) groups excluding carboxylic acids is 1. The summed E-state index contributed by atoms with van der Waals surface area (Å²) in [6, 6.07) is 5.11. The quantitative estimate of drug-likeness (QED) is 0.940. The number of halogens is 1. The van der Waals surface area contributed by atoms with Crippen LogP contribution < -0.4 is 10.1 Å². The van der Waals surface area contributed by atoms with E-state index in [9.17, 15) is 4.79 Å². The smallest absolute Gasteiger partial charge is 0.267 e. The number of methoxy groups -OCH3 is 1. The zero-order chi connectivity index (χ0) is 14.0. The van der Waals surface area contributed by atoms with Crippen LogP contribution in [0.4, 0.5) is 5.69 Å². The van der Waals surface area contributed by atoms with E-state index in [2.05, 4.69) is 10.3 Å². The van der Waals surface area contributed by atoms with Crippen molar-refractivity contribution in [3.63, 3.8) is 0 Å². The highest BCUT2D eigenvalue weighted by Crippen LogP contribution is 2.28. The molecule has 0 aliphatic rings. The Hall–Kier alpha value is -1.59. The van der Waals surface area contributed by atoms with Gasteiger partial charge in [0, 0.05) is 5.69 Å². The molecule has 6 heteroatoms. The molecule has 0 aliphatic carbocycles. The topological polar surface area (TPSA) is 51.2 Å². The predicted molar refractivity (Wildman–Crippen MR) is 77.5 cm³/mol. The molecule has 19 heavy (non-hydrogen) atoms. The number of hydrogen-bond donors (Lipinski definition) is 1. The van der Waals surface area contributed by atoms with Crippen LogP contribution in [0.25, 0.3) is 0 Å². The number of rotatable bonds is 3. The minimum atomic E-state index is -0.177. The van der Waals surface area contributed by atoms with Crippen molar-refractivity contribution in [2.24, 2.45) is 0 Å². The minimum absolute atomic E-state index is 0.177. The minimum Gasteiger partial charge on any atom is -0.495 e. The number of aryl methyl sites for hydroxylation is 2. The fourth-order valence-corrected chi connectivity index (χ4v) is 2.75. The first kappa shape index (κ1) is 13.8. The predicted octanol–water partition coefficient (Wildman–Crippen LogP) is 3.67. The Morgan fingerprint density at radius 3 is 2.68 bits per heavy atom. The molecule has 0 unspecified atom stereocenters. The van der Waals surface area contributed by atoms with Gasteiger partial charge in [0.2, 0.25) is 0 Å². The second kappa shape index (κ2) is 5.59. The molecule has 0 radical (unpaired) electrons. The van der Waals surface area contributed by atoms with Gasteiger partial charge >= 0.3 is 0 Å². The molecule has 0 fully saturated rings. The van der Waals surface area contributed by atoms with Gasteiger partial charge in [-0.2, -0.15) is 0 Å². The molecule has 0 aliphatic heterocycles. The van der Waals surface area contributed by atoms with Crippen molar-refractivity contribution < 1.29 is 9.53 Å². The van der Waals surface area contributed by atoms with Gasteiger partial charge in [-0.3, -0.25) is 4.79 Å². The van der Waals surface area contributed by atoms with E-state index in [1.54, 1.807) is 25.3 Å². The number of carbonyl (C=O) groups is 1. The lowest BCUT2D eigenvalue weighted by molar-refractivity contribution is 0.103. The van der Waals surface area contributed by atoms with Gasteiger partial charge < -0.3 is 10.1 Å². The van der Waals surface area contributed by atoms with Crippen molar-refractivity contribution >= 4 is 34.5 Å². The Kier molecular flexibility index (Phi) is 4.07. The van der Waals surface area contributed by atoms with E-state index in [-0.39, 0.29) is 5.91 Å². The van der Waals surface area contributed by atoms with E-state index in [0.29, 0.717) is 21.3 Å². The number of nitrogens with one attached hydrogen (secondary N) is 1. The normalized spacial score (nSPS) is 10.3. The number of nitrogens with zero attached hydrogens (tertiary/aromatic N) is 1. The van der Waals surface area contributed by atoms with Crippen LogP contribution in [0, 0.1) is 13.8 Å². The standard InChI is InChI=1S/C13H13ClN2O2S/c1-7-12(19-8(2)15-7)13(17)16-9-4-5-11(18-3)10(14)6-9/h4-6H,1-3H3,(H,16,17). The fourth-order valence-electron chi connectivity index (χ4n) is 1.67. The highest BCUT2D eigenvalue weighted by molar-refractivity contribution is 7.13. The Balaban J connectivity index is 2.19. The van der Waals surface area contributed by atoms with Crippen molar-refractivity contribution in [1.82, 2.24) is 4.98 Å². The summed E-state index contributed by atoms with van der Waals surface area (Å²) in [6.45, 7) is 3.69. The molecular weight excluding hydrogens is 284 g/mol. The molecule has 0 saturated carbocycles. The van der Waals surface area contributed by atoms with E-state index >= 15 is 0 Å². The number of amides is 1. The van der Waals surface area contributed by atoms with Crippen LogP contribution >= 0.6 is 22.9 Å². The SMILES string of the molecule is COc1ccc(NC(=O)c2sc(C)nc2C)cc1Cl. The highest BCUT2D eigenvalue weighted by atomic mass is 35.5. The van der Waals surface area contributed by atoms with Gasteiger partial charge in [-0.1, -0.05) is 11.6 Å². The molecular formula is C13H13ClN2O2S. The van der Waals surface area contributed by atoms with E-state index in [0.717, 1.165) is 10.7 Å². The fraction of sp³-hybridized carbons (Fsp3) is 0.231. The molecule has 0 atom stereocenters. The Morgan fingerprint density at radius 2 is 2.16 bits per heavy atom. The van der Waals surface area contributed by atoms with Gasteiger partial charge in [0.25, 0.3) is 5.91 Å². The van der Waals surface area contributed by atoms with Crippen LogP contribution in [0.15, 0.2) is 18.2 Å². The first-order valence-electron chi connectivity index (χ1n) is 5.60. The van der Waals surface area contributed by atoms with E-state index in [4.69, 9.17) is 16.3 Å². The Bertz CT molecular complexity index is 625. The number of anilines is 1. The first-order chi connectivity index (χ1) is 9.01. The summed E-state index contributed by atoms with van der Waals surface area (Å²) in [5, 5.41) is 4.12. The van der Waals surface area contributed by atoms with Gasteiger partial charge in [0.15, 0.2) is 0 Å². The second-order valence-electron chi connectivity index (χ2n) is 3.95. The van der Waals surface area contributed by atoms with Crippen molar-refractivity contribution in [2.45, 2.75) is 13.8 Å². The monoisotopic (exact) mass is 296 g/mol. The molecule has 2 aromatic rings. The maximum absolute atomic E-state index is 12.1. The Labute approximate surface area is 120 Å².